The van der Waals surface area contributed by atoms with Crippen LogP contribution in [-0.2, 0) is 11.3 Å². The monoisotopic (exact) mass is 447 g/mol. The molecule has 4 nitrogen and oxygen atoms in total. The standard InChI is InChI=1S/C30H29N3O/c1-30(2)16-25-28(27(34)17-30)29(32-24-14-8-7-13-23(24)31-25)22-19-33(18-20-10-4-3-5-11-20)26-15-9-6-12-21(22)26/h3-15,19,29,31-32H,16-18H2,1-2H3/t29-/m1/s1. The number of benzene rings is 3. The number of hydrogen-bond donors (Lipinski definition) is 2. The molecule has 0 saturated carbocycles. The third-order valence-electron chi connectivity index (χ3n) is 7.05. The lowest BCUT2D eigenvalue weighted by Crippen LogP contribution is -2.31. The summed E-state index contributed by atoms with van der Waals surface area (Å²) < 4.78 is 2.31. The molecule has 2 aliphatic rings. The van der Waals surface area contributed by atoms with Crippen LogP contribution in [-0.4, -0.2) is 10.4 Å². The lowest BCUT2D eigenvalue weighted by Gasteiger charge is -2.34. The summed E-state index contributed by atoms with van der Waals surface area (Å²) in [6, 6.07) is 27.1. The van der Waals surface area contributed by atoms with E-state index < -0.39 is 0 Å². The maximum Gasteiger partial charge on any atom is 0.163 e. The Hall–Kier alpha value is -3.79. The fourth-order valence-electron chi connectivity index (χ4n) is 5.54. The zero-order valence-electron chi connectivity index (χ0n) is 19.6. The molecule has 170 valence electrons. The highest BCUT2D eigenvalue weighted by Gasteiger charge is 2.39. The predicted octanol–water partition coefficient (Wildman–Crippen LogP) is 6.91. The smallest absolute Gasteiger partial charge is 0.163 e. The van der Waals surface area contributed by atoms with Gasteiger partial charge in [0.2, 0.25) is 0 Å². The topological polar surface area (TPSA) is 46.1 Å². The van der Waals surface area contributed by atoms with Crippen molar-refractivity contribution < 1.29 is 4.79 Å². The molecule has 0 unspecified atom stereocenters. The number of para-hydroxylation sites is 3. The van der Waals surface area contributed by atoms with Gasteiger partial charge in [0.05, 0.1) is 17.4 Å². The Kier molecular flexibility index (Phi) is 4.84. The third kappa shape index (κ3) is 3.60. The fourth-order valence-corrected chi connectivity index (χ4v) is 5.54. The molecule has 0 amide bonds. The van der Waals surface area contributed by atoms with Gasteiger partial charge in [0.1, 0.15) is 0 Å². The van der Waals surface area contributed by atoms with E-state index in [9.17, 15) is 4.79 Å². The Bertz CT molecular complexity index is 1430. The van der Waals surface area contributed by atoms with Gasteiger partial charge in [-0.1, -0.05) is 74.5 Å². The lowest BCUT2D eigenvalue weighted by molar-refractivity contribution is -0.118. The molecule has 2 heterocycles. The molecule has 1 aromatic heterocycles. The molecule has 0 radical (unpaired) electrons. The molecular formula is C30H29N3O. The van der Waals surface area contributed by atoms with Gasteiger partial charge in [-0.2, -0.15) is 0 Å². The zero-order valence-corrected chi connectivity index (χ0v) is 19.6. The van der Waals surface area contributed by atoms with Crippen molar-refractivity contribution in [3.63, 3.8) is 0 Å². The zero-order chi connectivity index (χ0) is 23.3. The van der Waals surface area contributed by atoms with Gasteiger partial charge in [0.25, 0.3) is 0 Å². The Balaban J connectivity index is 1.54. The van der Waals surface area contributed by atoms with Crippen molar-refractivity contribution in [3.05, 3.63) is 107 Å². The van der Waals surface area contributed by atoms with Crippen molar-refractivity contribution in [2.75, 3.05) is 10.6 Å². The van der Waals surface area contributed by atoms with Crippen LogP contribution in [0.1, 0.15) is 43.9 Å². The molecule has 1 aliphatic carbocycles. The van der Waals surface area contributed by atoms with Crippen LogP contribution in [0.3, 0.4) is 0 Å². The number of hydrogen-bond acceptors (Lipinski definition) is 3. The minimum Gasteiger partial charge on any atom is -0.372 e. The van der Waals surface area contributed by atoms with Crippen molar-refractivity contribution in [2.24, 2.45) is 5.41 Å². The Labute approximate surface area is 200 Å². The quantitative estimate of drug-likeness (QED) is 0.359. The Morgan fingerprint density at radius 1 is 0.882 bits per heavy atom. The fraction of sp³-hybridized carbons (Fsp3) is 0.233. The first-order valence-corrected chi connectivity index (χ1v) is 12.0. The highest BCUT2D eigenvalue weighted by Crippen LogP contribution is 2.46. The van der Waals surface area contributed by atoms with Gasteiger partial charge in [0, 0.05) is 46.9 Å². The van der Waals surface area contributed by atoms with E-state index in [1.807, 2.05) is 18.2 Å². The summed E-state index contributed by atoms with van der Waals surface area (Å²) in [7, 11) is 0. The molecule has 0 bridgehead atoms. The third-order valence-corrected chi connectivity index (χ3v) is 7.05. The van der Waals surface area contributed by atoms with Crippen molar-refractivity contribution in [1.29, 1.82) is 0 Å². The van der Waals surface area contributed by atoms with Gasteiger partial charge in [-0.25, -0.2) is 0 Å². The van der Waals surface area contributed by atoms with E-state index in [-0.39, 0.29) is 17.2 Å². The van der Waals surface area contributed by atoms with Gasteiger partial charge >= 0.3 is 0 Å². The average molecular weight is 448 g/mol. The largest absolute Gasteiger partial charge is 0.372 e. The number of anilines is 2. The average Bonchev–Trinajstić information content (AvgIpc) is 3.08. The number of nitrogens with one attached hydrogen (secondary N) is 2. The molecule has 6 rings (SSSR count). The summed E-state index contributed by atoms with van der Waals surface area (Å²) >= 11 is 0. The van der Waals surface area contributed by atoms with E-state index in [1.165, 1.54) is 16.5 Å². The number of ketones is 1. The van der Waals surface area contributed by atoms with Crippen LogP contribution < -0.4 is 10.6 Å². The second-order valence-corrected chi connectivity index (χ2v) is 10.3. The molecular weight excluding hydrogens is 418 g/mol. The first kappa shape index (κ1) is 20.8. The molecule has 2 N–H and O–H groups in total. The Morgan fingerprint density at radius 2 is 1.59 bits per heavy atom. The Morgan fingerprint density at radius 3 is 2.41 bits per heavy atom. The van der Waals surface area contributed by atoms with Gasteiger partial charge in [0.15, 0.2) is 5.78 Å². The number of rotatable bonds is 3. The van der Waals surface area contributed by atoms with Crippen LogP contribution in [0.15, 0.2) is 96.3 Å². The minimum atomic E-state index is -0.211. The highest BCUT2D eigenvalue weighted by molar-refractivity contribution is 6.02. The van der Waals surface area contributed by atoms with Crippen LogP contribution in [0, 0.1) is 5.41 Å². The normalized spacial score (nSPS) is 19.1. The first-order chi connectivity index (χ1) is 16.5. The minimum absolute atomic E-state index is 0.0614. The van der Waals surface area contributed by atoms with Crippen LogP contribution in [0.25, 0.3) is 10.9 Å². The van der Waals surface area contributed by atoms with Crippen molar-refractivity contribution in [3.8, 4) is 0 Å². The summed E-state index contributed by atoms with van der Waals surface area (Å²) in [6.45, 7) is 5.15. The molecule has 34 heavy (non-hydrogen) atoms. The SMILES string of the molecule is CC1(C)CC(=O)C2=C(C1)Nc1ccccc1N[C@@H]2c1cn(Cc2ccccc2)c2ccccc12. The van der Waals surface area contributed by atoms with E-state index in [4.69, 9.17) is 0 Å². The molecule has 3 aromatic carbocycles. The second-order valence-electron chi connectivity index (χ2n) is 10.3. The summed E-state index contributed by atoms with van der Waals surface area (Å²) in [5.41, 5.74) is 7.48. The maximum atomic E-state index is 13.6. The summed E-state index contributed by atoms with van der Waals surface area (Å²) in [6.07, 6.45) is 3.65. The predicted molar refractivity (Wildman–Crippen MR) is 139 cm³/mol. The van der Waals surface area contributed by atoms with E-state index in [0.717, 1.165) is 41.2 Å². The number of aromatic nitrogens is 1. The van der Waals surface area contributed by atoms with E-state index >= 15 is 0 Å². The van der Waals surface area contributed by atoms with E-state index in [2.05, 4.69) is 95.9 Å². The molecule has 1 aliphatic heterocycles. The maximum absolute atomic E-state index is 13.6. The lowest BCUT2D eigenvalue weighted by atomic mass is 9.73. The summed E-state index contributed by atoms with van der Waals surface area (Å²) in [5.74, 6) is 0.226. The van der Waals surface area contributed by atoms with Crippen molar-refractivity contribution in [1.82, 2.24) is 4.57 Å². The number of nitrogens with zero attached hydrogens (tertiary/aromatic N) is 1. The van der Waals surface area contributed by atoms with Crippen LogP contribution in [0.4, 0.5) is 11.4 Å². The number of carbonyl (C=O) groups excluding carboxylic acids is 1. The molecule has 4 aromatic rings. The molecule has 4 heteroatoms. The summed E-state index contributed by atoms with van der Waals surface area (Å²) in [4.78, 5) is 13.6. The summed E-state index contributed by atoms with van der Waals surface area (Å²) in [5, 5.41) is 8.56. The highest BCUT2D eigenvalue weighted by atomic mass is 16.1. The van der Waals surface area contributed by atoms with Gasteiger partial charge in [-0.3, -0.25) is 4.79 Å². The van der Waals surface area contributed by atoms with Gasteiger partial charge in [-0.15, -0.1) is 0 Å². The van der Waals surface area contributed by atoms with Gasteiger partial charge in [-0.05, 0) is 35.6 Å². The van der Waals surface area contributed by atoms with Gasteiger partial charge < -0.3 is 15.2 Å². The van der Waals surface area contributed by atoms with Crippen molar-refractivity contribution in [2.45, 2.75) is 39.3 Å². The molecule has 0 spiro atoms. The van der Waals surface area contributed by atoms with E-state index in [0.29, 0.717) is 6.42 Å². The van der Waals surface area contributed by atoms with Crippen molar-refractivity contribution >= 4 is 28.1 Å². The van der Waals surface area contributed by atoms with E-state index in [1.54, 1.807) is 0 Å². The van der Waals surface area contributed by atoms with Crippen LogP contribution in [0.2, 0.25) is 0 Å². The molecule has 0 saturated heterocycles. The number of carbonyl (C=O) groups is 1. The number of fused-ring (bicyclic) bond motifs is 2. The molecule has 0 fully saturated rings. The van der Waals surface area contributed by atoms with Crippen LogP contribution in [0.5, 0.6) is 0 Å². The van der Waals surface area contributed by atoms with Crippen LogP contribution >= 0.6 is 0 Å². The number of allylic oxidation sites excluding steroid dienone is 1. The second kappa shape index (κ2) is 7.91. The first-order valence-electron chi connectivity index (χ1n) is 12.0. The number of Topliss-reactive ketones (excluding diaryl/α,β-unsaturated/α-hetero) is 1. The molecule has 1 atom stereocenters.